The quantitative estimate of drug-likeness (QED) is 0.873. The Balaban J connectivity index is 1.99. The standard InChI is InChI=1S/C19H19F3N2O2/c20-19(21,22)14-7-5-13(6-8-14)18(9-11-24-12-10-18)26-16-4-2-1-3-15(16)17(23)25/h1-8,24H,9-12H2,(H2,23,25). The number of hydrogen-bond donors (Lipinski definition) is 2. The fourth-order valence-electron chi connectivity index (χ4n) is 3.21. The first-order valence-corrected chi connectivity index (χ1v) is 8.28. The van der Waals surface area contributed by atoms with Crippen LogP contribution in [0.1, 0.15) is 34.3 Å². The summed E-state index contributed by atoms with van der Waals surface area (Å²) in [4.78, 5) is 11.7. The highest BCUT2D eigenvalue weighted by atomic mass is 19.4. The lowest BCUT2D eigenvalue weighted by Crippen LogP contribution is -2.44. The lowest BCUT2D eigenvalue weighted by atomic mass is 9.84. The molecule has 1 heterocycles. The third-order valence-corrected chi connectivity index (χ3v) is 4.61. The van der Waals surface area contributed by atoms with Crippen molar-refractivity contribution in [3.8, 4) is 5.75 Å². The molecule has 3 N–H and O–H groups in total. The van der Waals surface area contributed by atoms with Crippen LogP contribution in [-0.4, -0.2) is 19.0 Å². The van der Waals surface area contributed by atoms with Gasteiger partial charge in [0.05, 0.1) is 11.1 Å². The molecule has 1 saturated heterocycles. The number of halogens is 3. The van der Waals surface area contributed by atoms with Crippen molar-refractivity contribution in [2.75, 3.05) is 13.1 Å². The van der Waals surface area contributed by atoms with E-state index < -0.39 is 23.2 Å². The summed E-state index contributed by atoms with van der Waals surface area (Å²) >= 11 is 0. The number of carbonyl (C=O) groups is 1. The smallest absolute Gasteiger partial charge is 0.416 e. The van der Waals surface area contributed by atoms with Crippen molar-refractivity contribution >= 4 is 5.91 Å². The van der Waals surface area contributed by atoms with Gasteiger partial charge < -0.3 is 15.8 Å². The van der Waals surface area contributed by atoms with Crippen LogP contribution in [0.5, 0.6) is 5.75 Å². The van der Waals surface area contributed by atoms with E-state index in [4.69, 9.17) is 10.5 Å². The molecule has 1 amide bonds. The van der Waals surface area contributed by atoms with Gasteiger partial charge in [-0.05, 0) is 42.9 Å². The number of carbonyl (C=O) groups excluding carboxylic acids is 1. The second-order valence-electron chi connectivity index (χ2n) is 6.28. The van der Waals surface area contributed by atoms with Gasteiger partial charge >= 0.3 is 6.18 Å². The minimum atomic E-state index is -4.39. The van der Waals surface area contributed by atoms with Crippen molar-refractivity contribution < 1.29 is 22.7 Å². The van der Waals surface area contributed by atoms with Crippen LogP contribution in [0, 0.1) is 0 Å². The molecular formula is C19H19F3N2O2. The molecule has 0 atom stereocenters. The average molecular weight is 364 g/mol. The second kappa shape index (κ2) is 6.99. The van der Waals surface area contributed by atoms with Gasteiger partial charge in [-0.3, -0.25) is 4.79 Å². The predicted octanol–water partition coefficient (Wildman–Crippen LogP) is 3.46. The first-order valence-electron chi connectivity index (χ1n) is 8.28. The molecule has 4 nitrogen and oxygen atoms in total. The molecule has 0 bridgehead atoms. The first kappa shape index (κ1) is 18.3. The van der Waals surface area contributed by atoms with Crippen molar-refractivity contribution in [2.45, 2.75) is 24.6 Å². The first-order chi connectivity index (χ1) is 12.3. The zero-order valence-electron chi connectivity index (χ0n) is 14.0. The van der Waals surface area contributed by atoms with Crippen LogP contribution in [0.2, 0.25) is 0 Å². The molecule has 26 heavy (non-hydrogen) atoms. The van der Waals surface area contributed by atoms with Crippen LogP contribution in [0.4, 0.5) is 13.2 Å². The number of ether oxygens (including phenoxy) is 1. The largest absolute Gasteiger partial charge is 0.482 e. The number of alkyl halides is 3. The monoisotopic (exact) mass is 364 g/mol. The van der Waals surface area contributed by atoms with Crippen molar-refractivity contribution in [3.05, 3.63) is 65.2 Å². The number of amides is 1. The van der Waals surface area contributed by atoms with Gasteiger partial charge in [0.2, 0.25) is 0 Å². The SMILES string of the molecule is NC(=O)c1ccccc1OC1(c2ccc(C(F)(F)F)cc2)CCNCC1. The summed E-state index contributed by atoms with van der Waals surface area (Å²) in [6, 6.07) is 11.6. The van der Waals surface area contributed by atoms with E-state index in [0.717, 1.165) is 12.1 Å². The third kappa shape index (κ3) is 3.67. The van der Waals surface area contributed by atoms with E-state index in [1.807, 2.05) is 0 Å². The maximum atomic E-state index is 12.9. The molecule has 2 aromatic rings. The summed E-state index contributed by atoms with van der Waals surface area (Å²) in [5, 5.41) is 3.22. The molecule has 1 aliphatic heterocycles. The lowest BCUT2D eigenvalue weighted by molar-refractivity contribution is -0.137. The molecule has 1 fully saturated rings. The predicted molar refractivity (Wildman–Crippen MR) is 90.8 cm³/mol. The molecule has 3 rings (SSSR count). The maximum Gasteiger partial charge on any atom is 0.416 e. The summed E-state index contributed by atoms with van der Waals surface area (Å²) in [6.45, 7) is 1.31. The van der Waals surface area contributed by atoms with E-state index in [0.29, 0.717) is 37.2 Å². The van der Waals surface area contributed by atoms with Gasteiger partial charge in [0.1, 0.15) is 11.4 Å². The molecule has 0 aromatic heterocycles. The van der Waals surface area contributed by atoms with Gasteiger partial charge in [0.25, 0.3) is 5.91 Å². The normalized spacial score (nSPS) is 16.9. The molecule has 0 spiro atoms. The number of nitrogens with two attached hydrogens (primary N) is 1. The van der Waals surface area contributed by atoms with Crippen LogP contribution in [0.15, 0.2) is 48.5 Å². The van der Waals surface area contributed by atoms with Gasteiger partial charge in [0, 0.05) is 12.8 Å². The van der Waals surface area contributed by atoms with E-state index in [1.165, 1.54) is 12.1 Å². The fraction of sp³-hybridized carbons (Fsp3) is 0.316. The van der Waals surface area contributed by atoms with Crippen LogP contribution in [0.25, 0.3) is 0 Å². The lowest BCUT2D eigenvalue weighted by Gasteiger charge is -2.39. The molecule has 2 aromatic carbocycles. The number of primary amides is 1. The maximum absolute atomic E-state index is 12.9. The summed E-state index contributed by atoms with van der Waals surface area (Å²) in [7, 11) is 0. The summed E-state index contributed by atoms with van der Waals surface area (Å²) in [6.07, 6.45) is -3.27. The molecule has 0 aliphatic carbocycles. The molecule has 138 valence electrons. The van der Waals surface area contributed by atoms with E-state index in [1.54, 1.807) is 24.3 Å². The molecule has 0 saturated carbocycles. The number of benzene rings is 2. The van der Waals surface area contributed by atoms with Gasteiger partial charge in [0.15, 0.2) is 0 Å². The summed E-state index contributed by atoms with van der Waals surface area (Å²) < 4.78 is 44.8. The van der Waals surface area contributed by atoms with Crippen LogP contribution in [-0.2, 0) is 11.8 Å². The van der Waals surface area contributed by atoms with E-state index in [9.17, 15) is 18.0 Å². The zero-order valence-corrected chi connectivity index (χ0v) is 14.0. The Morgan fingerprint density at radius 1 is 1.04 bits per heavy atom. The van der Waals surface area contributed by atoms with E-state index in [2.05, 4.69) is 5.32 Å². The van der Waals surface area contributed by atoms with Crippen molar-refractivity contribution in [1.29, 1.82) is 0 Å². The minimum Gasteiger partial charge on any atom is -0.482 e. The Kier molecular flexibility index (Phi) is 4.91. The second-order valence-corrected chi connectivity index (χ2v) is 6.28. The molecule has 1 aliphatic rings. The number of nitrogens with one attached hydrogen (secondary N) is 1. The number of hydrogen-bond acceptors (Lipinski definition) is 3. The number of piperidine rings is 1. The van der Waals surface area contributed by atoms with E-state index >= 15 is 0 Å². The number of rotatable bonds is 4. The average Bonchev–Trinajstić information content (AvgIpc) is 2.62. The number of para-hydroxylation sites is 1. The molecular weight excluding hydrogens is 345 g/mol. The summed E-state index contributed by atoms with van der Waals surface area (Å²) in [5.41, 5.74) is 4.78. The van der Waals surface area contributed by atoms with Crippen LogP contribution >= 0.6 is 0 Å². The van der Waals surface area contributed by atoms with Crippen LogP contribution in [0.3, 0.4) is 0 Å². The Bertz CT molecular complexity index is 782. The van der Waals surface area contributed by atoms with Gasteiger partial charge in [-0.15, -0.1) is 0 Å². The van der Waals surface area contributed by atoms with Gasteiger partial charge in [-0.2, -0.15) is 13.2 Å². The Morgan fingerprint density at radius 3 is 2.23 bits per heavy atom. The summed E-state index contributed by atoms with van der Waals surface area (Å²) in [5.74, 6) is -0.279. The highest BCUT2D eigenvalue weighted by molar-refractivity contribution is 5.95. The van der Waals surface area contributed by atoms with Crippen molar-refractivity contribution in [1.82, 2.24) is 5.32 Å². The van der Waals surface area contributed by atoms with Gasteiger partial charge in [-0.25, -0.2) is 0 Å². The zero-order chi connectivity index (χ0) is 18.8. The molecule has 0 unspecified atom stereocenters. The highest BCUT2D eigenvalue weighted by Crippen LogP contribution is 2.38. The highest BCUT2D eigenvalue weighted by Gasteiger charge is 2.38. The van der Waals surface area contributed by atoms with Crippen molar-refractivity contribution in [3.63, 3.8) is 0 Å². The molecule has 7 heteroatoms. The van der Waals surface area contributed by atoms with Gasteiger partial charge in [-0.1, -0.05) is 24.3 Å². The van der Waals surface area contributed by atoms with Crippen LogP contribution < -0.4 is 15.8 Å². The Hall–Kier alpha value is -2.54. The minimum absolute atomic E-state index is 0.248. The third-order valence-electron chi connectivity index (χ3n) is 4.61. The van der Waals surface area contributed by atoms with E-state index in [-0.39, 0.29) is 5.56 Å². The Morgan fingerprint density at radius 2 is 1.65 bits per heavy atom. The van der Waals surface area contributed by atoms with Crippen molar-refractivity contribution in [2.24, 2.45) is 5.73 Å². The topological polar surface area (TPSA) is 64.4 Å². The Labute approximate surface area is 149 Å². The fourth-order valence-corrected chi connectivity index (χ4v) is 3.21. The molecule has 0 radical (unpaired) electrons.